The largest absolute Gasteiger partial charge is 0.350 e. The van der Waals surface area contributed by atoms with Crippen LogP contribution in [0.2, 0.25) is 0 Å². The van der Waals surface area contributed by atoms with Crippen LogP contribution in [0.5, 0.6) is 0 Å². The molecular weight excluding hydrogens is 288 g/mol. The Morgan fingerprint density at radius 2 is 2.33 bits per heavy atom. The molecule has 110 valence electrons. The number of fused-ring (bicyclic) bond motifs is 1. The molecule has 1 saturated heterocycles. The lowest BCUT2D eigenvalue weighted by atomic mass is 10.2. The number of carbonyl (C=O) groups excluding carboxylic acids is 2. The van der Waals surface area contributed by atoms with Crippen LogP contribution in [0.3, 0.4) is 0 Å². The Labute approximate surface area is 126 Å². The van der Waals surface area contributed by atoms with Crippen molar-refractivity contribution in [3.63, 3.8) is 0 Å². The van der Waals surface area contributed by atoms with Crippen molar-refractivity contribution >= 4 is 33.6 Å². The van der Waals surface area contributed by atoms with E-state index in [1.54, 1.807) is 19.1 Å². The van der Waals surface area contributed by atoms with Crippen LogP contribution < -0.4 is 5.32 Å². The van der Waals surface area contributed by atoms with Crippen LogP contribution >= 0.6 is 11.5 Å². The normalized spacial score (nSPS) is 18.1. The summed E-state index contributed by atoms with van der Waals surface area (Å²) in [5.74, 6) is -0.0676. The molecule has 2 amide bonds. The SMILES string of the molecule is CC(=O)N1CCCC1CNC(=O)c1ccc2snnc2c1. The number of carbonyl (C=O) groups is 2. The number of likely N-dealkylation sites (tertiary alicyclic amines) is 1. The topological polar surface area (TPSA) is 75.2 Å². The third-order valence-corrected chi connectivity index (χ3v) is 4.49. The molecule has 1 N–H and O–H groups in total. The first-order valence-corrected chi connectivity index (χ1v) is 7.70. The van der Waals surface area contributed by atoms with E-state index in [-0.39, 0.29) is 17.9 Å². The summed E-state index contributed by atoms with van der Waals surface area (Å²) in [4.78, 5) is 25.5. The highest BCUT2D eigenvalue weighted by Crippen LogP contribution is 2.18. The standard InChI is InChI=1S/C14H16N4O2S/c1-9(19)18-6-2-3-11(18)8-15-14(20)10-4-5-13-12(7-10)16-17-21-13/h4-5,7,11H,2-3,6,8H2,1H3,(H,15,20). The van der Waals surface area contributed by atoms with Crippen LogP contribution in [0.15, 0.2) is 18.2 Å². The first-order valence-electron chi connectivity index (χ1n) is 6.92. The van der Waals surface area contributed by atoms with E-state index >= 15 is 0 Å². The van der Waals surface area contributed by atoms with E-state index < -0.39 is 0 Å². The molecule has 0 spiro atoms. The Bertz CT molecular complexity index is 684. The highest BCUT2D eigenvalue weighted by molar-refractivity contribution is 7.12. The van der Waals surface area contributed by atoms with E-state index in [1.165, 1.54) is 11.5 Å². The van der Waals surface area contributed by atoms with Crippen molar-refractivity contribution in [1.29, 1.82) is 0 Å². The molecule has 1 atom stereocenters. The van der Waals surface area contributed by atoms with E-state index in [1.807, 2.05) is 11.0 Å². The summed E-state index contributed by atoms with van der Waals surface area (Å²) >= 11 is 1.31. The van der Waals surface area contributed by atoms with Gasteiger partial charge in [-0.3, -0.25) is 9.59 Å². The van der Waals surface area contributed by atoms with Gasteiger partial charge in [-0.15, -0.1) is 5.10 Å². The summed E-state index contributed by atoms with van der Waals surface area (Å²) in [5.41, 5.74) is 1.31. The van der Waals surface area contributed by atoms with Crippen LogP contribution in [-0.2, 0) is 4.79 Å². The number of rotatable bonds is 3. The molecule has 0 saturated carbocycles. The number of benzene rings is 1. The van der Waals surface area contributed by atoms with Gasteiger partial charge in [-0.1, -0.05) is 4.49 Å². The molecule has 3 rings (SSSR count). The van der Waals surface area contributed by atoms with Gasteiger partial charge >= 0.3 is 0 Å². The average Bonchev–Trinajstić information content (AvgIpc) is 3.12. The third kappa shape index (κ3) is 2.87. The van der Waals surface area contributed by atoms with Crippen LogP contribution in [-0.4, -0.2) is 45.4 Å². The lowest BCUT2D eigenvalue weighted by molar-refractivity contribution is -0.129. The van der Waals surface area contributed by atoms with Crippen molar-refractivity contribution in [1.82, 2.24) is 19.8 Å². The number of hydrogen-bond donors (Lipinski definition) is 1. The molecule has 1 aliphatic rings. The van der Waals surface area contributed by atoms with Gasteiger partial charge in [0.1, 0.15) is 5.52 Å². The fraction of sp³-hybridized carbons (Fsp3) is 0.429. The van der Waals surface area contributed by atoms with E-state index in [4.69, 9.17) is 0 Å². The minimum atomic E-state index is -0.139. The molecule has 2 aromatic rings. The van der Waals surface area contributed by atoms with Crippen molar-refractivity contribution in [2.24, 2.45) is 0 Å². The molecule has 7 heteroatoms. The van der Waals surface area contributed by atoms with Gasteiger partial charge in [0.2, 0.25) is 5.91 Å². The van der Waals surface area contributed by atoms with Crippen LogP contribution in [0, 0.1) is 0 Å². The van der Waals surface area contributed by atoms with Crippen molar-refractivity contribution in [3.05, 3.63) is 23.8 Å². The van der Waals surface area contributed by atoms with Crippen molar-refractivity contribution in [2.75, 3.05) is 13.1 Å². The Kier molecular flexibility index (Phi) is 3.83. The number of hydrogen-bond acceptors (Lipinski definition) is 5. The molecule has 0 radical (unpaired) electrons. The summed E-state index contributed by atoms with van der Waals surface area (Å²) in [6, 6.07) is 5.48. The lowest BCUT2D eigenvalue weighted by Gasteiger charge is -2.23. The predicted molar refractivity (Wildman–Crippen MR) is 80.2 cm³/mol. The molecule has 0 aliphatic carbocycles. The Hall–Kier alpha value is -2.02. The zero-order valence-corrected chi connectivity index (χ0v) is 12.5. The second-order valence-corrected chi connectivity index (χ2v) is 5.96. The van der Waals surface area contributed by atoms with Crippen molar-refractivity contribution in [2.45, 2.75) is 25.8 Å². The van der Waals surface area contributed by atoms with Crippen LogP contribution in [0.25, 0.3) is 10.2 Å². The Morgan fingerprint density at radius 1 is 1.48 bits per heavy atom. The van der Waals surface area contributed by atoms with Gasteiger partial charge in [-0.05, 0) is 42.6 Å². The maximum Gasteiger partial charge on any atom is 0.251 e. The Morgan fingerprint density at radius 3 is 3.14 bits per heavy atom. The lowest BCUT2D eigenvalue weighted by Crippen LogP contribution is -2.42. The summed E-state index contributed by atoms with van der Waals surface area (Å²) in [7, 11) is 0. The molecule has 2 heterocycles. The van der Waals surface area contributed by atoms with E-state index in [0.29, 0.717) is 12.1 Å². The highest BCUT2D eigenvalue weighted by atomic mass is 32.1. The van der Waals surface area contributed by atoms with E-state index in [2.05, 4.69) is 14.9 Å². The summed E-state index contributed by atoms with van der Waals surface area (Å²) < 4.78 is 4.82. The molecule has 1 aromatic carbocycles. The molecule has 1 aromatic heterocycles. The average molecular weight is 304 g/mol. The quantitative estimate of drug-likeness (QED) is 0.931. The molecule has 0 bridgehead atoms. The number of aromatic nitrogens is 2. The zero-order chi connectivity index (χ0) is 14.8. The molecule has 1 unspecified atom stereocenters. The third-order valence-electron chi connectivity index (χ3n) is 3.79. The summed E-state index contributed by atoms with van der Waals surface area (Å²) in [6.07, 6.45) is 1.94. The molecule has 21 heavy (non-hydrogen) atoms. The maximum absolute atomic E-state index is 12.2. The monoisotopic (exact) mass is 304 g/mol. The van der Waals surface area contributed by atoms with Gasteiger partial charge in [0.15, 0.2) is 0 Å². The summed E-state index contributed by atoms with van der Waals surface area (Å²) in [6.45, 7) is 2.85. The second kappa shape index (κ2) is 5.77. The first-order chi connectivity index (χ1) is 10.1. The van der Waals surface area contributed by atoms with Crippen molar-refractivity contribution < 1.29 is 9.59 Å². The summed E-state index contributed by atoms with van der Waals surface area (Å²) in [5, 5.41) is 6.88. The van der Waals surface area contributed by atoms with E-state index in [0.717, 1.165) is 29.6 Å². The number of amides is 2. The van der Waals surface area contributed by atoms with Gasteiger partial charge in [-0.25, -0.2) is 0 Å². The van der Waals surface area contributed by atoms with Crippen LogP contribution in [0.4, 0.5) is 0 Å². The fourth-order valence-corrected chi connectivity index (χ4v) is 3.24. The minimum absolute atomic E-state index is 0.0710. The first kappa shape index (κ1) is 13.9. The van der Waals surface area contributed by atoms with Gasteiger partial charge in [0.25, 0.3) is 5.91 Å². The molecule has 6 nitrogen and oxygen atoms in total. The predicted octanol–water partition coefficient (Wildman–Crippen LogP) is 1.43. The zero-order valence-electron chi connectivity index (χ0n) is 11.7. The van der Waals surface area contributed by atoms with Gasteiger partial charge in [0, 0.05) is 31.6 Å². The van der Waals surface area contributed by atoms with Gasteiger partial charge < -0.3 is 10.2 Å². The molecule has 1 fully saturated rings. The van der Waals surface area contributed by atoms with Crippen molar-refractivity contribution in [3.8, 4) is 0 Å². The van der Waals surface area contributed by atoms with Gasteiger partial charge in [0.05, 0.1) is 4.70 Å². The highest BCUT2D eigenvalue weighted by Gasteiger charge is 2.26. The fourth-order valence-electron chi connectivity index (χ4n) is 2.70. The molecule has 1 aliphatic heterocycles. The Balaban J connectivity index is 1.64. The number of nitrogens with zero attached hydrogens (tertiary/aromatic N) is 3. The van der Waals surface area contributed by atoms with Crippen LogP contribution in [0.1, 0.15) is 30.1 Å². The minimum Gasteiger partial charge on any atom is -0.350 e. The second-order valence-electron chi connectivity index (χ2n) is 5.17. The smallest absolute Gasteiger partial charge is 0.251 e. The number of nitrogens with one attached hydrogen (secondary N) is 1. The maximum atomic E-state index is 12.2. The van der Waals surface area contributed by atoms with E-state index in [9.17, 15) is 9.59 Å². The molecular formula is C14H16N4O2S. The van der Waals surface area contributed by atoms with Gasteiger partial charge in [-0.2, -0.15) is 0 Å².